The van der Waals surface area contributed by atoms with E-state index in [1.165, 1.54) is 0 Å². The number of nitrogens with one attached hydrogen (secondary N) is 2. The Kier molecular flexibility index (Phi) is 4.68. The number of hydrogen-bond donors (Lipinski definition) is 2. The SMILES string of the molecule is CCCNC(CC)C(C)c1nc(-c2ncc[nH]2)no1. The van der Waals surface area contributed by atoms with Crippen LogP contribution in [-0.2, 0) is 0 Å². The molecular weight excluding hydrogens is 242 g/mol. The maximum absolute atomic E-state index is 5.35. The van der Waals surface area contributed by atoms with Crippen LogP contribution in [0.4, 0.5) is 0 Å². The number of hydrogen-bond acceptors (Lipinski definition) is 5. The number of aromatic nitrogens is 4. The minimum absolute atomic E-state index is 0.188. The smallest absolute Gasteiger partial charge is 0.238 e. The lowest BCUT2D eigenvalue weighted by molar-refractivity contribution is 0.319. The summed E-state index contributed by atoms with van der Waals surface area (Å²) < 4.78 is 5.35. The van der Waals surface area contributed by atoms with Crippen molar-refractivity contribution in [3.63, 3.8) is 0 Å². The molecular formula is C13H21N5O. The Labute approximate surface area is 113 Å². The van der Waals surface area contributed by atoms with Crippen LogP contribution in [-0.4, -0.2) is 32.7 Å². The summed E-state index contributed by atoms with van der Waals surface area (Å²) in [5.41, 5.74) is 0. The van der Waals surface area contributed by atoms with E-state index in [0.29, 0.717) is 23.6 Å². The summed E-state index contributed by atoms with van der Waals surface area (Å²) in [7, 11) is 0. The molecule has 2 aromatic rings. The average Bonchev–Trinajstić information content (AvgIpc) is 3.10. The van der Waals surface area contributed by atoms with Gasteiger partial charge in [0.2, 0.25) is 11.7 Å². The van der Waals surface area contributed by atoms with E-state index in [4.69, 9.17) is 4.52 Å². The highest BCUT2D eigenvalue weighted by molar-refractivity contribution is 5.40. The first kappa shape index (κ1) is 13.7. The van der Waals surface area contributed by atoms with Gasteiger partial charge in [0.25, 0.3) is 0 Å². The normalized spacial score (nSPS) is 14.5. The molecule has 6 heteroatoms. The topological polar surface area (TPSA) is 79.6 Å². The Morgan fingerprint density at radius 1 is 1.42 bits per heavy atom. The molecule has 2 unspecified atom stereocenters. The second kappa shape index (κ2) is 6.47. The first-order valence-corrected chi connectivity index (χ1v) is 6.83. The lowest BCUT2D eigenvalue weighted by Gasteiger charge is -2.20. The number of aromatic amines is 1. The van der Waals surface area contributed by atoms with Gasteiger partial charge in [0, 0.05) is 18.4 Å². The second-order valence-electron chi connectivity index (χ2n) is 4.65. The van der Waals surface area contributed by atoms with Gasteiger partial charge in [0.1, 0.15) is 0 Å². The van der Waals surface area contributed by atoms with Crippen LogP contribution < -0.4 is 5.32 Å². The lowest BCUT2D eigenvalue weighted by Crippen LogP contribution is -2.33. The molecule has 2 heterocycles. The Bertz CT molecular complexity index is 479. The van der Waals surface area contributed by atoms with E-state index in [9.17, 15) is 0 Å². The third kappa shape index (κ3) is 3.20. The summed E-state index contributed by atoms with van der Waals surface area (Å²) in [5, 5.41) is 7.48. The number of imidazole rings is 1. The summed E-state index contributed by atoms with van der Waals surface area (Å²) in [6.45, 7) is 7.43. The van der Waals surface area contributed by atoms with Gasteiger partial charge in [0.05, 0.1) is 5.92 Å². The maximum atomic E-state index is 5.35. The molecule has 0 fully saturated rings. The van der Waals surface area contributed by atoms with Crippen LogP contribution in [0.25, 0.3) is 11.6 Å². The van der Waals surface area contributed by atoms with Crippen LogP contribution in [0.15, 0.2) is 16.9 Å². The van der Waals surface area contributed by atoms with Gasteiger partial charge in [-0.05, 0) is 19.4 Å². The Morgan fingerprint density at radius 2 is 2.26 bits per heavy atom. The minimum Gasteiger partial charge on any atom is -0.342 e. The van der Waals surface area contributed by atoms with E-state index >= 15 is 0 Å². The number of H-pyrrole nitrogens is 1. The van der Waals surface area contributed by atoms with Crippen molar-refractivity contribution in [2.75, 3.05) is 6.54 Å². The quantitative estimate of drug-likeness (QED) is 0.801. The van der Waals surface area contributed by atoms with Crippen molar-refractivity contribution >= 4 is 0 Å². The van der Waals surface area contributed by atoms with Crippen LogP contribution in [0.3, 0.4) is 0 Å². The van der Waals surface area contributed by atoms with Gasteiger partial charge in [-0.15, -0.1) is 0 Å². The van der Waals surface area contributed by atoms with Crippen LogP contribution in [0.2, 0.25) is 0 Å². The highest BCUT2D eigenvalue weighted by atomic mass is 16.5. The molecule has 0 radical (unpaired) electrons. The maximum Gasteiger partial charge on any atom is 0.238 e. The van der Waals surface area contributed by atoms with Gasteiger partial charge in [-0.2, -0.15) is 4.98 Å². The van der Waals surface area contributed by atoms with Gasteiger partial charge in [-0.1, -0.05) is 25.9 Å². The number of nitrogens with zero attached hydrogens (tertiary/aromatic N) is 3. The Hall–Kier alpha value is -1.69. The standard InChI is InChI=1S/C13H21N5O/c1-4-6-14-10(5-2)9(3)13-17-12(18-19-13)11-15-7-8-16-11/h7-10,14H,4-6H2,1-3H3,(H,15,16). The third-order valence-electron chi connectivity index (χ3n) is 3.24. The fourth-order valence-corrected chi connectivity index (χ4v) is 2.08. The van der Waals surface area contributed by atoms with E-state index in [2.05, 4.69) is 46.2 Å². The zero-order chi connectivity index (χ0) is 13.7. The molecule has 0 amide bonds. The zero-order valence-electron chi connectivity index (χ0n) is 11.7. The molecule has 6 nitrogen and oxygen atoms in total. The molecule has 104 valence electrons. The average molecular weight is 263 g/mol. The summed E-state index contributed by atoms with van der Waals surface area (Å²) in [6.07, 6.45) is 5.56. The lowest BCUT2D eigenvalue weighted by atomic mass is 9.99. The zero-order valence-corrected chi connectivity index (χ0v) is 11.7. The van der Waals surface area contributed by atoms with Crippen LogP contribution in [0.5, 0.6) is 0 Å². The monoisotopic (exact) mass is 263 g/mol. The van der Waals surface area contributed by atoms with Crippen LogP contribution >= 0.6 is 0 Å². The summed E-state index contributed by atoms with van der Waals surface area (Å²) >= 11 is 0. The summed E-state index contributed by atoms with van der Waals surface area (Å²) in [4.78, 5) is 11.5. The summed E-state index contributed by atoms with van der Waals surface area (Å²) in [5.74, 6) is 1.99. The van der Waals surface area contributed by atoms with E-state index in [0.717, 1.165) is 19.4 Å². The van der Waals surface area contributed by atoms with Gasteiger partial charge in [-0.25, -0.2) is 4.98 Å². The molecule has 2 atom stereocenters. The van der Waals surface area contributed by atoms with Gasteiger partial charge in [0.15, 0.2) is 5.82 Å². The second-order valence-corrected chi connectivity index (χ2v) is 4.65. The van der Waals surface area contributed by atoms with Crippen LogP contribution in [0, 0.1) is 0 Å². The van der Waals surface area contributed by atoms with E-state index in [1.807, 2.05) is 0 Å². The van der Waals surface area contributed by atoms with Gasteiger partial charge < -0.3 is 14.8 Å². The molecule has 19 heavy (non-hydrogen) atoms. The highest BCUT2D eigenvalue weighted by Gasteiger charge is 2.23. The van der Waals surface area contributed by atoms with Crippen molar-refractivity contribution in [2.24, 2.45) is 0 Å². The molecule has 0 aromatic carbocycles. The molecule has 0 spiro atoms. The van der Waals surface area contributed by atoms with Crippen molar-refractivity contribution in [1.29, 1.82) is 0 Å². The van der Waals surface area contributed by atoms with Gasteiger partial charge >= 0.3 is 0 Å². The summed E-state index contributed by atoms with van der Waals surface area (Å²) in [6, 6.07) is 0.352. The number of rotatable bonds is 7. The fraction of sp³-hybridized carbons (Fsp3) is 0.615. The molecule has 0 bridgehead atoms. The molecule has 0 aliphatic carbocycles. The Balaban J connectivity index is 2.08. The molecule has 2 rings (SSSR count). The first-order chi connectivity index (χ1) is 9.26. The predicted molar refractivity (Wildman–Crippen MR) is 72.7 cm³/mol. The largest absolute Gasteiger partial charge is 0.342 e. The first-order valence-electron chi connectivity index (χ1n) is 6.83. The van der Waals surface area contributed by atoms with E-state index < -0.39 is 0 Å². The molecule has 2 N–H and O–H groups in total. The Morgan fingerprint density at radius 3 is 2.89 bits per heavy atom. The van der Waals surface area contributed by atoms with Crippen molar-refractivity contribution < 1.29 is 4.52 Å². The molecule has 0 saturated heterocycles. The predicted octanol–water partition coefficient (Wildman–Crippen LogP) is 2.34. The van der Waals surface area contributed by atoms with E-state index in [-0.39, 0.29) is 5.92 Å². The molecule has 0 aliphatic heterocycles. The van der Waals surface area contributed by atoms with Crippen molar-refractivity contribution in [2.45, 2.75) is 45.6 Å². The minimum atomic E-state index is 0.188. The van der Waals surface area contributed by atoms with Crippen molar-refractivity contribution in [1.82, 2.24) is 25.4 Å². The highest BCUT2D eigenvalue weighted by Crippen LogP contribution is 2.21. The molecule has 2 aromatic heterocycles. The van der Waals surface area contributed by atoms with Crippen molar-refractivity contribution in [3.05, 3.63) is 18.3 Å². The third-order valence-corrected chi connectivity index (χ3v) is 3.24. The van der Waals surface area contributed by atoms with Crippen LogP contribution in [0.1, 0.15) is 45.4 Å². The van der Waals surface area contributed by atoms with Crippen molar-refractivity contribution in [3.8, 4) is 11.6 Å². The molecule has 0 saturated carbocycles. The van der Waals surface area contributed by atoms with Gasteiger partial charge in [-0.3, -0.25) is 0 Å². The van der Waals surface area contributed by atoms with E-state index in [1.54, 1.807) is 12.4 Å². The fourth-order valence-electron chi connectivity index (χ4n) is 2.08. The molecule has 0 aliphatic rings.